The average Bonchev–Trinajstić information content (AvgIpc) is 2.76. The molecule has 0 unspecified atom stereocenters. The molecule has 0 bridgehead atoms. The van der Waals surface area contributed by atoms with Gasteiger partial charge in [-0.15, -0.1) is 0 Å². The van der Waals surface area contributed by atoms with Crippen molar-refractivity contribution in [3.05, 3.63) is 113 Å². The molecule has 0 heteroatoms. The van der Waals surface area contributed by atoms with Gasteiger partial charge in [-0.1, -0.05) is 91.0 Å². The highest BCUT2D eigenvalue weighted by Crippen LogP contribution is 2.29. The molecule has 0 heterocycles. The zero-order valence-electron chi connectivity index (χ0n) is 16.3. The lowest BCUT2D eigenvalue weighted by Crippen LogP contribution is -1.96. The standard InChI is InChI=1S/C28H24/c1-20-11-13-25(22-7-3-2-4-8-22)19-26(20)17-21-12-14-24-16-15-23-9-5-6-10-27(23)28(24)18-21/h2-3,5-7,9-16,18-19H,4,8,17H2,1H3. The zero-order valence-corrected chi connectivity index (χ0v) is 16.3. The molecule has 0 N–H and O–H groups in total. The summed E-state index contributed by atoms with van der Waals surface area (Å²) in [5.74, 6) is 0. The van der Waals surface area contributed by atoms with Crippen LogP contribution >= 0.6 is 0 Å². The lowest BCUT2D eigenvalue weighted by Gasteiger charge is -2.14. The average molecular weight is 361 g/mol. The van der Waals surface area contributed by atoms with Crippen LogP contribution in [0.25, 0.3) is 27.1 Å². The minimum atomic E-state index is 0.974. The molecular formula is C28H24. The maximum atomic E-state index is 2.40. The smallest absolute Gasteiger partial charge is 0.00227 e. The quantitative estimate of drug-likeness (QED) is 0.329. The van der Waals surface area contributed by atoms with Crippen molar-refractivity contribution >= 4 is 27.1 Å². The van der Waals surface area contributed by atoms with Crippen molar-refractivity contribution in [2.75, 3.05) is 0 Å². The summed E-state index contributed by atoms with van der Waals surface area (Å²) >= 11 is 0. The largest absolute Gasteiger partial charge is 0.0842 e. The molecule has 1 aliphatic rings. The van der Waals surface area contributed by atoms with Gasteiger partial charge >= 0.3 is 0 Å². The summed E-state index contributed by atoms with van der Waals surface area (Å²) in [6.07, 6.45) is 9.96. The van der Waals surface area contributed by atoms with Gasteiger partial charge < -0.3 is 0 Å². The molecule has 28 heavy (non-hydrogen) atoms. The van der Waals surface area contributed by atoms with Gasteiger partial charge in [0, 0.05) is 0 Å². The van der Waals surface area contributed by atoms with Crippen molar-refractivity contribution in [3.63, 3.8) is 0 Å². The third kappa shape index (κ3) is 3.16. The van der Waals surface area contributed by atoms with Crippen molar-refractivity contribution in [2.45, 2.75) is 26.2 Å². The molecule has 0 amide bonds. The Hall–Kier alpha value is -3.12. The fourth-order valence-corrected chi connectivity index (χ4v) is 4.28. The minimum Gasteiger partial charge on any atom is -0.0842 e. The van der Waals surface area contributed by atoms with E-state index in [0.717, 1.165) is 19.3 Å². The lowest BCUT2D eigenvalue weighted by molar-refractivity contribution is 1.05. The fraction of sp³-hybridized carbons (Fsp3) is 0.143. The Morgan fingerprint density at radius 3 is 2.46 bits per heavy atom. The summed E-state index contributed by atoms with van der Waals surface area (Å²) in [4.78, 5) is 0. The van der Waals surface area contributed by atoms with Gasteiger partial charge in [-0.05, 0) is 75.6 Å². The molecule has 0 aromatic heterocycles. The number of allylic oxidation sites excluding steroid dienone is 4. The van der Waals surface area contributed by atoms with Crippen LogP contribution in [-0.4, -0.2) is 0 Å². The van der Waals surface area contributed by atoms with Gasteiger partial charge in [0.1, 0.15) is 0 Å². The van der Waals surface area contributed by atoms with Gasteiger partial charge in [0.25, 0.3) is 0 Å². The molecule has 0 aliphatic heterocycles. The van der Waals surface area contributed by atoms with Crippen LogP contribution in [0.2, 0.25) is 0 Å². The van der Waals surface area contributed by atoms with Crippen molar-refractivity contribution in [1.29, 1.82) is 0 Å². The van der Waals surface area contributed by atoms with Gasteiger partial charge in [-0.25, -0.2) is 0 Å². The van der Waals surface area contributed by atoms with E-state index in [1.165, 1.54) is 49.4 Å². The lowest BCUT2D eigenvalue weighted by atomic mass is 9.91. The first-order valence-electron chi connectivity index (χ1n) is 10.1. The molecule has 0 saturated heterocycles. The predicted octanol–water partition coefficient (Wildman–Crippen LogP) is 7.63. The number of hydrogen-bond donors (Lipinski definition) is 0. The summed E-state index contributed by atoms with van der Waals surface area (Å²) in [6.45, 7) is 2.23. The van der Waals surface area contributed by atoms with Crippen LogP contribution in [0, 0.1) is 6.92 Å². The Bertz CT molecular complexity index is 1240. The van der Waals surface area contributed by atoms with Crippen LogP contribution in [0.1, 0.15) is 35.1 Å². The maximum absolute atomic E-state index is 2.40. The second-order valence-corrected chi connectivity index (χ2v) is 7.82. The highest BCUT2D eigenvalue weighted by molar-refractivity contribution is 6.07. The zero-order chi connectivity index (χ0) is 18.9. The van der Waals surface area contributed by atoms with Crippen molar-refractivity contribution < 1.29 is 0 Å². The first-order valence-corrected chi connectivity index (χ1v) is 10.1. The molecule has 5 rings (SSSR count). The summed E-state index contributed by atoms with van der Waals surface area (Å²) in [5, 5.41) is 5.31. The first kappa shape index (κ1) is 17.0. The van der Waals surface area contributed by atoms with E-state index in [1.54, 1.807) is 0 Å². The van der Waals surface area contributed by atoms with Crippen LogP contribution in [-0.2, 0) is 6.42 Å². The Morgan fingerprint density at radius 1 is 0.786 bits per heavy atom. The second-order valence-electron chi connectivity index (χ2n) is 7.82. The topological polar surface area (TPSA) is 0 Å². The number of rotatable bonds is 3. The van der Waals surface area contributed by atoms with E-state index in [1.807, 2.05) is 0 Å². The molecule has 0 saturated carbocycles. The molecule has 0 radical (unpaired) electrons. The van der Waals surface area contributed by atoms with E-state index in [2.05, 4.69) is 97.9 Å². The number of hydrogen-bond acceptors (Lipinski definition) is 0. The number of aryl methyl sites for hydroxylation is 1. The molecule has 4 aromatic carbocycles. The third-order valence-electron chi connectivity index (χ3n) is 5.94. The van der Waals surface area contributed by atoms with Crippen LogP contribution in [0.5, 0.6) is 0 Å². The van der Waals surface area contributed by atoms with Gasteiger partial charge in [0.15, 0.2) is 0 Å². The molecule has 0 atom stereocenters. The Kier molecular flexibility index (Phi) is 4.33. The maximum Gasteiger partial charge on any atom is -0.00227 e. The SMILES string of the molecule is Cc1ccc(C2=CC=CCC2)cc1Cc1ccc2ccc3ccccc3c2c1. The van der Waals surface area contributed by atoms with E-state index < -0.39 is 0 Å². The Labute approximate surface area is 166 Å². The monoisotopic (exact) mass is 360 g/mol. The predicted molar refractivity (Wildman–Crippen MR) is 122 cm³/mol. The molecule has 1 aliphatic carbocycles. The minimum absolute atomic E-state index is 0.974. The van der Waals surface area contributed by atoms with E-state index in [9.17, 15) is 0 Å². The van der Waals surface area contributed by atoms with Gasteiger partial charge in [-0.3, -0.25) is 0 Å². The van der Waals surface area contributed by atoms with Crippen LogP contribution in [0.4, 0.5) is 0 Å². The van der Waals surface area contributed by atoms with E-state index in [0.29, 0.717) is 0 Å². The van der Waals surface area contributed by atoms with Crippen LogP contribution in [0.3, 0.4) is 0 Å². The van der Waals surface area contributed by atoms with Crippen molar-refractivity contribution in [3.8, 4) is 0 Å². The molecule has 0 spiro atoms. The van der Waals surface area contributed by atoms with E-state index >= 15 is 0 Å². The molecule has 0 fully saturated rings. The van der Waals surface area contributed by atoms with E-state index in [-0.39, 0.29) is 0 Å². The van der Waals surface area contributed by atoms with Gasteiger partial charge in [0.05, 0.1) is 0 Å². The van der Waals surface area contributed by atoms with Crippen molar-refractivity contribution in [1.82, 2.24) is 0 Å². The summed E-state index contributed by atoms with van der Waals surface area (Å²) < 4.78 is 0. The Balaban J connectivity index is 1.55. The molecular weight excluding hydrogens is 336 g/mol. The summed E-state index contributed by atoms with van der Waals surface area (Å²) in [5.41, 5.74) is 6.99. The normalized spacial score (nSPS) is 13.8. The van der Waals surface area contributed by atoms with Crippen LogP contribution in [0.15, 0.2) is 91.0 Å². The van der Waals surface area contributed by atoms with Crippen molar-refractivity contribution in [2.24, 2.45) is 0 Å². The molecule has 136 valence electrons. The first-order chi connectivity index (χ1) is 13.8. The second kappa shape index (κ2) is 7.13. The fourth-order valence-electron chi connectivity index (χ4n) is 4.28. The molecule has 4 aromatic rings. The highest BCUT2D eigenvalue weighted by atomic mass is 14.1. The summed E-state index contributed by atoms with van der Waals surface area (Å²) in [6, 6.07) is 27.0. The number of benzene rings is 4. The van der Waals surface area contributed by atoms with Gasteiger partial charge in [-0.2, -0.15) is 0 Å². The summed E-state index contributed by atoms with van der Waals surface area (Å²) in [7, 11) is 0. The van der Waals surface area contributed by atoms with Crippen LogP contribution < -0.4 is 0 Å². The Morgan fingerprint density at radius 2 is 1.61 bits per heavy atom. The van der Waals surface area contributed by atoms with E-state index in [4.69, 9.17) is 0 Å². The third-order valence-corrected chi connectivity index (χ3v) is 5.94. The molecule has 0 nitrogen and oxygen atoms in total. The number of fused-ring (bicyclic) bond motifs is 3. The highest BCUT2D eigenvalue weighted by Gasteiger charge is 2.08. The van der Waals surface area contributed by atoms with Gasteiger partial charge in [0.2, 0.25) is 0 Å².